The van der Waals surface area contributed by atoms with Crippen molar-refractivity contribution in [2.24, 2.45) is 0 Å². The first-order valence-electron chi connectivity index (χ1n) is 11.4. The number of nitrogens with one attached hydrogen (secondary N) is 1. The van der Waals surface area contributed by atoms with Crippen LogP contribution in [0, 0.1) is 0 Å². The van der Waals surface area contributed by atoms with Crippen molar-refractivity contribution in [3.8, 4) is 17.2 Å². The van der Waals surface area contributed by atoms with Crippen LogP contribution in [0.1, 0.15) is 29.3 Å². The minimum atomic E-state index is -4.96. The van der Waals surface area contributed by atoms with Gasteiger partial charge in [0.05, 0.1) is 25.5 Å². The molecule has 36 heavy (non-hydrogen) atoms. The summed E-state index contributed by atoms with van der Waals surface area (Å²) in [6.07, 6.45) is -4.38. The molecule has 1 N–H and O–H groups in total. The minimum absolute atomic E-state index is 0.0564. The van der Waals surface area contributed by atoms with Crippen molar-refractivity contribution in [2.45, 2.75) is 26.3 Å². The predicted octanol–water partition coefficient (Wildman–Crippen LogP) is 4.05. The second kappa shape index (κ2) is 12.3. The van der Waals surface area contributed by atoms with Crippen LogP contribution in [0.3, 0.4) is 0 Å². The SMILES string of the molecule is CCCS(=O)Nc1ccc(C(=O)N2CCN(Cc3c(OC)cccc3OC)CC2)cc1OC(F)(F)F. The van der Waals surface area contributed by atoms with Gasteiger partial charge in [-0.15, -0.1) is 13.2 Å². The van der Waals surface area contributed by atoms with Crippen LogP contribution in [0.25, 0.3) is 0 Å². The Hall–Kier alpha value is -2.99. The van der Waals surface area contributed by atoms with Crippen LogP contribution in [0.15, 0.2) is 36.4 Å². The maximum atomic E-state index is 13.1. The van der Waals surface area contributed by atoms with E-state index in [1.165, 1.54) is 12.1 Å². The van der Waals surface area contributed by atoms with Gasteiger partial charge >= 0.3 is 6.36 Å². The van der Waals surface area contributed by atoms with E-state index in [1.807, 2.05) is 18.2 Å². The third-order valence-corrected chi connectivity index (χ3v) is 6.87. The molecule has 0 spiro atoms. The summed E-state index contributed by atoms with van der Waals surface area (Å²) >= 11 is 0. The predicted molar refractivity (Wildman–Crippen MR) is 131 cm³/mol. The summed E-state index contributed by atoms with van der Waals surface area (Å²) in [4.78, 5) is 16.8. The maximum absolute atomic E-state index is 13.1. The van der Waals surface area contributed by atoms with E-state index in [0.29, 0.717) is 50.6 Å². The zero-order valence-electron chi connectivity index (χ0n) is 20.4. The molecule has 1 fully saturated rings. The first kappa shape index (κ1) is 27.6. The Labute approximate surface area is 210 Å². The van der Waals surface area contributed by atoms with E-state index in [4.69, 9.17) is 9.47 Å². The standard InChI is InChI=1S/C24H30F3N3O5S/c1-4-14-36(32)28-19-9-8-17(15-22(19)35-24(25,26)27)23(31)30-12-10-29(11-13-30)16-18-20(33-2)6-5-7-21(18)34-3/h5-9,15,28H,4,10-14,16H2,1-3H3. The summed E-state index contributed by atoms with van der Waals surface area (Å²) in [6.45, 7) is 4.29. The van der Waals surface area contributed by atoms with Crippen molar-refractivity contribution in [1.82, 2.24) is 9.80 Å². The molecule has 1 saturated heterocycles. The highest BCUT2D eigenvalue weighted by atomic mass is 32.2. The molecule has 1 amide bonds. The number of hydrogen-bond donors (Lipinski definition) is 1. The summed E-state index contributed by atoms with van der Waals surface area (Å²) in [7, 11) is 1.61. The molecule has 1 aliphatic heterocycles. The molecule has 3 rings (SSSR count). The van der Waals surface area contributed by atoms with Crippen molar-refractivity contribution in [2.75, 3.05) is 50.9 Å². The molecule has 2 aromatic rings. The summed E-state index contributed by atoms with van der Waals surface area (Å²) < 4.78 is 68.5. The van der Waals surface area contributed by atoms with E-state index >= 15 is 0 Å². The number of rotatable bonds is 10. The van der Waals surface area contributed by atoms with Gasteiger partial charge in [-0.1, -0.05) is 13.0 Å². The fourth-order valence-corrected chi connectivity index (χ4v) is 4.79. The molecule has 0 bridgehead atoms. The summed E-state index contributed by atoms with van der Waals surface area (Å²) in [6, 6.07) is 9.28. The maximum Gasteiger partial charge on any atom is 0.573 e. The molecule has 0 aliphatic carbocycles. The molecule has 8 nitrogen and oxygen atoms in total. The Morgan fingerprint density at radius 1 is 1.03 bits per heavy atom. The first-order valence-corrected chi connectivity index (χ1v) is 12.7. The van der Waals surface area contributed by atoms with E-state index in [9.17, 15) is 22.2 Å². The third-order valence-electron chi connectivity index (χ3n) is 5.64. The number of methoxy groups -OCH3 is 2. The van der Waals surface area contributed by atoms with Crippen molar-refractivity contribution in [3.63, 3.8) is 0 Å². The van der Waals surface area contributed by atoms with Gasteiger partial charge in [0.1, 0.15) is 22.5 Å². The Morgan fingerprint density at radius 3 is 2.22 bits per heavy atom. The molecule has 0 radical (unpaired) electrons. The smallest absolute Gasteiger partial charge is 0.496 e. The van der Waals surface area contributed by atoms with Crippen LogP contribution in [-0.4, -0.2) is 72.4 Å². The summed E-state index contributed by atoms with van der Waals surface area (Å²) in [5, 5.41) is 0. The van der Waals surface area contributed by atoms with Crippen molar-refractivity contribution in [1.29, 1.82) is 0 Å². The Kier molecular flexibility index (Phi) is 9.43. The van der Waals surface area contributed by atoms with E-state index in [1.54, 1.807) is 26.0 Å². The molecule has 1 aliphatic rings. The van der Waals surface area contributed by atoms with E-state index < -0.39 is 29.0 Å². The van der Waals surface area contributed by atoms with Crippen LogP contribution in [0.5, 0.6) is 17.2 Å². The number of alkyl halides is 3. The van der Waals surface area contributed by atoms with Gasteiger partial charge in [0.25, 0.3) is 5.91 Å². The van der Waals surface area contributed by atoms with Crippen LogP contribution in [0.4, 0.5) is 18.9 Å². The van der Waals surface area contributed by atoms with Crippen molar-refractivity contribution < 1.29 is 36.4 Å². The van der Waals surface area contributed by atoms with Gasteiger partial charge in [0, 0.05) is 44.0 Å². The second-order valence-electron chi connectivity index (χ2n) is 8.12. The number of benzene rings is 2. The molecule has 12 heteroatoms. The monoisotopic (exact) mass is 529 g/mol. The van der Waals surface area contributed by atoms with Crippen LogP contribution in [0.2, 0.25) is 0 Å². The summed E-state index contributed by atoms with van der Waals surface area (Å²) in [5.74, 6) is 0.673. The normalized spacial score (nSPS) is 15.3. The Bertz CT molecular complexity index is 1050. The quantitative estimate of drug-likeness (QED) is 0.501. The number of anilines is 1. The molecule has 1 heterocycles. The number of piperazine rings is 1. The van der Waals surface area contributed by atoms with Gasteiger partial charge in [-0.25, -0.2) is 4.21 Å². The number of carbonyl (C=O) groups excluding carboxylic acids is 1. The van der Waals surface area contributed by atoms with E-state index in [-0.39, 0.29) is 17.0 Å². The van der Waals surface area contributed by atoms with Gasteiger partial charge in [-0.05, 0) is 36.8 Å². The van der Waals surface area contributed by atoms with Crippen LogP contribution >= 0.6 is 0 Å². The van der Waals surface area contributed by atoms with Crippen LogP contribution in [-0.2, 0) is 17.5 Å². The molecular weight excluding hydrogens is 499 g/mol. The molecule has 0 saturated carbocycles. The van der Waals surface area contributed by atoms with Gasteiger partial charge in [0.2, 0.25) is 0 Å². The van der Waals surface area contributed by atoms with Gasteiger partial charge in [0.15, 0.2) is 5.75 Å². The largest absolute Gasteiger partial charge is 0.573 e. The first-order chi connectivity index (χ1) is 17.1. The number of ether oxygens (including phenoxy) is 3. The number of hydrogen-bond acceptors (Lipinski definition) is 6. The molecule has 198 valence electrons. The number of amides is 1. The lowest BCUT2D eigenvalue weighted by Gasteiger charge is -2.35. The van der Waals surface area contributed by atoms with E-state index in [2.05, 4.69) is 14.4 Å². The molecule has 1 atom stereocenters. The van der Waals surface area contributed by atoms with Gasteiger partial charge < -0.3 is 23.8 Å². The molecule has 2 aromatic carbocycles. The second-order valence-corrected chi connectivity index (χ2v) is 9.42. The zero-order chi connectivity index (χ0) is 26.3. The molecule has 0 aromatic heterocycles. The summed E-state index contributed by atoms with van der Waals surface area (Å²) in [5.41, 5.74) is 0.868. The lowest BCUT2D eigenvalue weighted by atomic mass is 10.1. The number of carbonyl (C=O) groups is 1. The minimum Gasteiger partial charge on any atom is -0.496 e. The Morgan fingerprint density at radius 2 is 1.67 bits per heavy atom. The fraction of sp³-hybridized carbons (Fsp3) is 0.458. The molecular formula is C24H30F3N3O5S. The van der Waals surface area contributed by atoms with Crippen LogP contribution < -0.4 is 18.9 Å². The van der Waals surface area contributed by atoms with Gasteiger partial charge in [-0.2, -0.15) is 0 Å². The zero-order valence-corrected chi connectivity index (χ0v) is 21.2. The average molecular weight is 530 g/mol. The fourth-order valence-electron chi connectivity index (χ4n) is 3.91. The average Bonchev–Trinajstić information content (AvgIpc) is 2.84. The number of nitrogens with zero attached hydrogens (tertiary/aromatic N) is 2. The lowest BCUT2D eigenvalue weighted by molar-refractivity contribution is -0.274. The van der Waals surface area contributed by atoms with E-state index in [0.717, 1.165) is 11.6 Å². The highest BCUT2D eigenvalue weighted by Gasteiger charge is 2.33. The number of halogens is 3. The third kappa shape index (κ3) is 7.26. The topological polar surface area (TPSA) is 80.3 Å². The van der Waals surface area contributed by atoms with Crippen molar-refractivity contribution in [3.05, 3.63) is 47.5 Å². The highest BCUT2D eigenvalue weighted by molar-refractivity contribution is 7.86. The van der Waals surface area contributed by atoms with Gasteiger partial charge in [-0.3, -0.25) is 9.69 Å². The molecule has 1 unspecified atom stereocenters. The lowest BCUT2D eigenvalue weighted by Crippen LogP contribution is -2.48. The Balaban J connectivity index is 1.70. The highest BCUT2D eigenvalue weighted by Crippen LogP contribution is 2.33. The van der Waals surface area contributed by atoms with Crippen molar-refractivity contribution >= 4 is 22.6 Å².